The summed E-state index contributed by atoms with van der Waals surface area (Å²) in [6.07, 6.45) is 0. The van der Waals surface area contributed by atoms with Gasteiger partial charge in [0, 0.05) is 6.54 Å². The lowest BCUT2D eigenvalue weighted by atomic mass is 10.2. The lowest BCUT2D eigenvalue weighted by Crippen LogP contribution is -2.22. The van der Waals surface area contributed by atoms with Crippen molar-refractivity contribution in [2.24, 2.45) is 0 Å². The van der Waals surface area contributed by atoms with Gasteiger partial charge in [0.1, 0.15) is 5.82 Å². The van der Waals surface area contributed by atoms with E-state index in [1.807, 2.05) is 19.0 Å². The Morgan fingerprint density at radius 2 is 1.75 bits per heavy atom. The van der Waals surface area contributed by atoms with Crippen LogP contribution in [0.3, 0.4) is 0 Å². The number of nitrogens with zero attached hydrogens (tertiary/aromatic N) is 1. The fourth-order valence-corrected chi connectivity index (χ4v) is 2.72. The summed E-state index contributed by atoms with van der Waals surface area (Å²) >= 11 is 0. The molecular weight excluding hydrogens is 229 g/mol. The van der Waals surface area contributed by atoms with Crippen molar-refractivity contribution in [1.82, 2.24) is 4.90 Å². The first-order valence-electron chi connectivity index (χ1n) is 4.99. The molecule has 0 aromatic heterocycles. The second-order valence-corrected chi connectivity index (χ2v) is 6.21. The molecule has 0 saturated heterocycles. The van der Waals surface area contributed by atoms with Crippen LogP contribution >= 0.6 is 0 Å². The smallest absolute Gasteiger partial charge is 0.155 e. The minimum Gasteiger partial charge on any atom is -0.308 e. The van der Waals surface area contributed by atoms with Crippen LogP contribution in [0, 0.1) is 5.82 Å². The number of hydrogen-bond acceptors (Lipinski definition) is 3. The first kappa shape index (κ1) is 13.1. The summed E-state index contributed by atoms with van der Waals surface area (Å²) in [4.78, 5) is 1.82. The van der Waals surface area contributed by atoms with E-state index in [0.29, 0.717) is 12.1 Å². The predicted octanol–water partition coefficient (Wildman–Crippen LogP) is 1.30. The van der Waals surface area contributed by atoms with Gasteiger partial charge in [-0.3, -0.25) is 0 Å². The zero-order valence-corrected chi connectivity index (χ0v) is 10.3. The minimum absolute atomic E-state index is 0.0267. The molecule has 0 aliphatic rings. The summed E-state index contributed by atoms with van der Waals surface area (Å²) in [5.41, 5.74) is 0.625. The van der Waals surface area contributed by atoms with Gasteiger partial charge in [-0.25, -0.2) is 12.8 Å². The Hall–Kier alpha value is -0.940. The molecule has 0 N–H and O–H groups in total. The van der Waals surface area contributed by atoms with Crippen molar-refractivity contribution in [2.75, 3.05) is 26.4 Å². The number of sulfone groups is 1. The lowest BCUT2D eigenvalue weighted by molar-refractivity contribution is 0.432. The van der Waals surface area contributed by atoms with Crippen LogP contribution in [0.2, 0.25) is 0 Å². The second-order valence-electron chi connectivity index (χ2n) is 4.02. The molecule has 16 heavy (non-hydrogen) atoms. The van der Waals surface area contributed by atoms with Crippen LogP contribution in [0.1, 0.15) is 5.56 Å². The third kappa shape index (κ3) is 4.72. The Kier molecular flexibility index (Phi) is 4.44. The minimum atomic E-state index is -3.11. The van der Waals surface area contributed by atoms with E-state index in [2.05, 4.69) is 0 Å². The third-order valence-electron chi connectivity index (χ3n) is 2.15. The third-order valence-corrected chi connectivity index (χ3v) is 3.73. The number of hydrogen-bond donors (Lipinski definition) is 0. The first-order valence-corrected chi connectivity index (χ1v) is 6.81. The Morgan fingerprint density at radius 1 is 1.19 bits per heavy atom. The highest BCUT2D eigenvalue weighted by atomic mass is 32.2. The molecule has 3 nitrogen and oxygen atoms in total. The molecule has 0 saturated carbocycles. The van der Waals surface area contributed by atoms with Crippen molar-refractivity contribution in [1.29, 1.82) is 0 Å². The van der Waals surface area contributed by atoms with Crippen LogP contribution in [0.5, 0.6) is 0 Å². The molecule has 0 atom stereocenters. The topological polar surface area (TPSA) is 37.4 Å². The van der Waals surface area contributed by atoms with Crippen LogP contribution in [-0.4, -0.2) is 39.7 Å². The molecule has 0 aliphatic carbocycles. The zero-order chi connectivity index (χ0) is 12.2. The number of benzene rings is 1. The summed E-state index contributed by atoms with van der Waals surface area (Å²) < 4.78 is 36.0. The molecule has 0 spiro atoms. The van der Waals surface area contributed by atoms with Gasteiger partial charge in [0.05, 0.1) is 11.5 Å². The Morgan fingerprint density at radius 3 is 2.25 bits per heavy atom. The highest BCUT2D eigenvalue weighted by molar-refractivity contribution is 7.90. The van der Waals surface area contributed by atoms with Crippen LogP contribution in [-0.2, 0) is 15.6 Å². The average molecular weight is 245 g/mol. The molecule has 0 unspecified atom stereocenters. The largest absolute Gasteiger partial charge is 0.308 e. The number of halogens is 1. The molecule has 1 rings (SSSR count). The van der Waals surface area contributed by atoms with Gasteiger partial charge in [0.25, 0.3) is 0 Å². The molecule has 0 amide bonds. The first-order chi connectivity index (χ1) is 7.39. The van der Waals surface area contributed by atoms with E-state index >= 15 is 0 Å². The van der Waals surface area contributed by atoms with Crippen molar-refractivity contribution < 1.29 is 12.8 Å². The van der Waals surface area contributed by atoms with Crippen LogP contribution in [0.25, 0.3) is 0 Å². The fourth-order valence-electron chi connectivity index (χ4n) is 1.23. The van der Waals surface area contributed by atoms with Crippen molar-refractivity contribution in [2.45, 2.75) is 5.75 Å². The SMILES string of the molecule is CN(C)CCS(=O)(=O)Cc1ccc(F)cc1. The standard InChI is InChI=1S/C11H16FNO2S/c1-13(2)7-8-16(14,15)9-10-3-5-11(12)6-4-10/h3-6H,7-9H2,1-2H3. The van der Waals surface area contributed by atoms with Gasteiger partial charge in [-0.1, -0.05) is 12.1 Å². The Labute approximate surface area is 95.8 Å². The summed E-state index contributed by atoms with van der Waals surface area (Å²) in [6.45, 7) is 0.504. The van der Waals surface area contributed by atoms with E-state index in [0.717, 1.165) is 0 Å². The van der Waals surface area contributed by atoms with Gasteiger partial charge in [0.2, 0.25) is 0 Å². The van der Waals surface area contributed by atoms with Gasteiger partial charge in [-0.2, -0.15) is 0 Å². The molecule has 0 radical (unpaired) electrons. The Balaban J connectivity index is 2.62. The molecule has 1 aromatic carbocycles. The molecule has 90 valence electrons. The highest BCUT2D eigenvalue weighted by Gasteiger charge is 2.12. The predicted molar refractivity (Wildman–Crippen MR) is 62.4 cm³/mol. The maximum atomic E-state index is 12.6. The summed E-state index contributed by atoms with van der Waals surface area (Å²) in [5, 5.41) is 0. The van der Waals surface area contributed by atoms with E-state index in [-0.39, 0.29) is 17.3 Å². The van der Waals surface area contributed by atoms with Crippen LogP contribution < -0.4 is 0 Å². The van der Waals surface area contributed by atoms with E-state index in [1.54, 1.807) is 0 Å². The fraction of sp³-hybridized carbons (Fsp3) is 0.455. The zero-order valence-electron chi connectivity index (χ0n) is 9.48. The maximum absolute atomic E-state index is 12.6. The van der Waals surface area contributed by atoms with Crippen molar-refractivity contribution in [3.05, 3.63) is 35.6 Å². The molecule has 0 aliphatic heterocycles. The molecule has 0 bridgehead atoms. The Bertz CT molecular complexity index is 426. The monoisotopic (exact) mass is 245 g/mol. The van der Waals surface area contributed by atoms with Gasteiger partial charge in [-0.15, -0.1) is 0 Å². The van der Waals surface area contributed by atoms with Gasteiger partial charge >= 0.3 is 0 Å². The lowest BCUT2D eigenvalue weighted by Gasteiger charge is -2.09. The summed E-state index contributed by atoms with van der Waals surface area (Å²) in [5.74, 6) is -0.257. The molecule has 1 aromatic rings. The van der Waals surface area contributed by atoms with Crippen molar-refractivity contribution in [3.63, 3.8) is 0 Å². The molecule has 0 heterocycles. The van der Waals surface area contributed by atoms with Crippen molar-refractivity contribution in [3.8, 4) is 0 Å². The van der Waals surface area contributed by atoms with Crippen molar-refractivity contribution >= 4 is 9.84 Å². The van der Waals surface area contributed by atoms with E-state index in [4.69, 9.17) is 0 Å². The van der Waals surface area contributed by atoms with Gasteiger partial charge < -0.3 is 4.90 Å². The molecule has 0 fully saturated rings. The average Bonchev–Trinajstić information content (AvgIpc) is 2.19. The second kappa shape index (κ2) is 5.41. The van der Waals surface area contributed by atoms with E-state index < -0.39 is 9.84 Å². The maximum Gasteiger partial charge on any atom is 0.155 e. The van der Waals surface area contributed by atoms with E-state index in [9.17, 15) is 12.8 Å². The van der Waals surface area contributed by atoms with Gasteiger partial charge in [0.15, 0.2) is 9.84 Å². The normalized spacial score (nSPS) is 12.0. The van der Waals surface area contributed by atoms with Crippen LogP contribution in [0.4, 0.5) is 4.39 Å². The summed E-state index contributed by atoms with van der Waals surface area (Å²) in [7, 11) is 0.547. The molecular formula is C11H16FNO2S. The van der Waals surface area contributed by atoms with E-state index in [1.165, 1.54) is 24.3 Å². The number of rotatable bonds is 5. The quantitative estimate of drug-likeness (QED) is 0.784. The molecule has 5 heteroatoms. The van der Waals surface area contributed by atoms with Crippen LogP contribution in [0.15, 0.2) is 24.3 Å². The van der Waals surface area contributed by atoms with Gasteiger partial charge in [-0.05, 0) is 31.8 Å². The summed E-state index contributed by atoms with van der Waals surface area (Å²) in [6, 6.07) is 5.55. The highest BCUT2D eigenvalue weighted by Crippen LogP contribution is 2.08.